The van der Waals surface area contributed by atoms with E-state index in [0.29, 0.717) is 0 Å². The molecule has 0 aromatic heterocycles. The maximum atomic E-state index is 11.4. The second-order valence-electron chi connectivity index (χ2n) is 2.64. The van der Waals surface area contributed by atoms with Crippen LogP contribution in [0.1, 0.15) is 5.56 Å². The maximum absolute atomic E-state index is 11.4. The first-order valence-electron chi connectivity index (χ1n) is 3.67. The van der Waals surface area contributed by atoms with Gasteiger partial charge in [0.25, 0.3) is 0 Å². The summed E-state index contributed by atoms with van der Waals surface area (Å²) >= 11 is 5.74. The lowest BCUT2D eigenvalue weighted by atomic mass is 10.2. The number of halogens is 1. The highest BCUT2D eigenvalue weighted by Gasteiger charge is 2.15. The van der Waals surface area contributed by atoms with Crippen LogP contribution in [0.4, 0.5) is 0 Å². The normalized spacial score (nSPS) is 11.6. The number of nitrogens with one attached hydrogen (secondary N) is 1. The van der Waals surface area contributed by atoms with Crippen LogP contribution < -0.4 is 4.72 Å². The molecule has 0 saturated heterocycles. The second kappa shape index (κ2) is 3.65. The molecule has 0 aliphatic rings. The van der Waals surface area contributed by atoms with E-state index in [9.17, 15) is 8.42 Å². The topological polar surface area (TPSA) is 46.2 Å². The third-order valence-corrected chi connectivity index (χ3v) is 3.54. The lowest BCUT2D eigenvalue weighted by Gasteiger charge is -2.05. The Morgan fingerprint density at radius 2 is 2.00 bits per heavy atom. The molecular formula is C8H10ClNO2S. The molecule has 0 aliphatic carbocycles. The molecule has 5 heteroatoms. The molecule has 1 rings (SSSR count). The summed E-state index contributed by atoms with van der Waals surface area (Å²) in [5, 5.41) is 0.236. The summed E-state index contributed by atoms with van der Waals surface area (Å²) in [6, 6.07) is 4.87. The van der Waals surface area contributed by atoms with E-state index in [-0.39, 0.29) is 9.92 Å². The van der Waals surface area contributed by atoms with Gasteiger partial charge in [0, 0.05) is 0 Å². The van der Waals surface area contributed by atoms with Gasteiger partial charge >= 0.3 is 0 Å². The number of benzene rings is 1. The van der Waals surface area contributed by atoms with Crippen LogP contribution in [0.3, 0.4) is 0 Å². The number of hydrogen-bond donors (Lipinski definition) is 1. The van der Waals surface area contributed by atoms with Gasteiger partial charge in [0.1, 0.15) is 4.90 Å². The predicted octanol–water partition coefficient (Wildman–Crippen LogP) is 1.56. The monoisotopic (exact) mass is 219 g/mol. The van der Waals surface area contributed by atoms with Crippen molar-refractivity contribution in [3.05, 3.63) is 28.8 Å². The molecule has 0 amide bonds. The number of rotatable bonds is 2. The summed E-state index contributed by atoms with van der Waals surface area (Å²) in [5.74, 6) is 0. The van der Waals surface area contributed by atoms with Crippen molar-refractivity contribution in [3.8, 4) is 0 Å². The van der Waals surface area contributed by atoms with Crippen molar-refractivity contribution in [2.45, 2.75) is 11.8 Å². The van der Waals surface area contributed by atoms with Gasteiger partial charge in [-0.25, -0.2) is 13.1 Å². The molecule has 1 aromatic rings. The molecule has 0 heterocycles. The fourth-order valence-electron chi connectivity index (χ4n) is 0.926. The summed E-state index contributed by atoms with van der Waals surface area (Å²) in [7, 11) is -2.08. The van der Waals surface area contributed by atoms with Crippen molar-refractivity contribution < 1.29 is 8.42 Å². The molecular weight excluding hydrogens is 210 g/mol. The van der Waals surface area contributed by atoms with Gasteiger partial charge in [-0.3, -0.25) is 0 Å². The lowest BCUT2D eigenvalue weighted by molar-refractivity contribution is 0.588. The van der Waals surface area contributed by atoms with Crippen LogP contribution in [0.2, 0.25) is 5.02 Å². The van der Waals surface area contributed by atoms with Crippen molar-refractivity contribution in [2.75, 3.05) is 7.05 Å². The number of aryl methyl sites for hydroxylation is 1. The van der Waals surface area contributed by atoms with E-state index in [1.807, 2.05) is 6.92 Å². The Morgan fingerprint density at radius 3 is 2.54 bits per heavy atom. The van der Waals surface area contributed by atoms with Crippen molar-refractivity contribution in [1.82, 2.24) is 4.72 Å². The van der Waals surface area contributed by atoms with Gasteiger partial charge in [-0.2, -0.15) is 0 Å². The van der Waals surface area contributed by atoms with Gasteiger partial charge in [-0.15, -0.1) is 0 Å². The lowest BCUT2D eigenvalue weighted by Crippen LogP contribution is -2.19. The SMILES string of the molecule is CNS(=O)(=O)c1cc(C)ccc1Cl. The Bertz CT molecular complexity index is 414. The van der Waals surface area contributed by atoms with Crippen LogP contribution >= 0.6 is 11.6 Å². The van der Waals surface area contributed by atoms with Gasteiger partial charge in [-0.1, -0.05) is 17.7 Å². The molecule has 0 unspecified atom stereocenters. The maximum Gasteiger partial charge on any atom is 0.241 e. The van der Waals surface area contributed by atoms with Crippen molar-refractivity contribution in [1.29, 1.82) is 0 Å². The van der Waals surface area contributed by atoms with Crippen LogP contribution in [0.5, 0.6) is 0 Å². The van der Waals surface area contributed by atoms with E-state index in [1.165, 1.54) is 13.1 Å². The zero-order valence-electron chi connectivity index (χ0n) is 7.33. The van der Waals surface area contributed by atoms with E-state index in [0.717, 1.165) is 5.56 Å². The summed E-state index contributed by atoms with van der Waals surface area (Å²) in [6.45, 7) is 1.81. The Balaban J connectivity index is 3.38. The fourth-order valence-corrected chi connectivity index (χ4v) is 2.23. The van der Waals surface area contributed by atoms with E-state index in [2.05, 4.69) is 4.72 Å². The minimum Gasteiger partial charge on any atom is -0.214 e. The van der Waals surface area contributed by atoms with Gasteiger partial charge in [0.05, 0.1) is 5.02 Å². The molecule has 0 saturated carbocycles. The minimum absolute atomic E-state index is 0.122. The smallest absolute Gasteiger partial charge is 0.214 e. The predicted molar refractivity (Wildman–Crippen MR) is 52.4 cm³/mol. The molecule has 1 N–H and O–H groups in total. The average molecular weight is 220 g/mol. The summed E-state index contributed by atoms with van der Waals surface area (Å²) in [5.41, 5.74) is 0.859. The van der Waals surface area contributed by atoms with Gasteiger partial charge in [0.15, 0.2) is 0 Å². The van der Waals surface area contributed by atoms with Crippen LogP contribution in [0.15, 0.2) is 23.1 Å². The standard InChI is InChI=1S/C8H10ClNO2S/c1-6-3-4-7(9)8(5-6)13(11,12)10-2/h3-5,10H,1-2H3. The van der Waals surface area contributed by atoms with Crippen LogP contribution in [-0.4, -0.2) is 15.5 Å². The molecule has 0 fully saturated rings. The Kier molecular flexibility index (Phi) is 2.95. The van der Waals surface area contributed by atoms with Gasteiger partial charge in [0.2, 0.25) is 10.0 Å². The number of sulfonamides is 1. The summed E-state index contributed by atoms with van der Waals surface area (Å²) < 4.78 is 25.0. The quantitative estimate of drug-likeness (QED) is 0.821. The van der Waals surface area contributed by atoms with E-state index < -0.39 is 10.0 Å². The highest BCUT2D eigenvalue weighted by molar-refractivity contribution is 7.89. The molecule has 3 nitrogen and oxygen atoms in total. The molecule has 72 valence electrons. The fraction of sp³-hybridized carbons (Fsp3) is 0.250. The molecule has 0 radical (unpaired) electrons. The van der Waals surface area contributed by atoms with Gasteiger partial charge in [-0.05, 0) is 31.7 Å². The third kappa shape index (κ3) is 2.21. The Morgan fingerprint density at radius 1 is 1.38 bits per heavy atom. The molecule has 0 bridgehead atoms. The second-order valence-corrected chi connectivity index (χ2v) is 4.90. The first kappa shape index (κ1) is 10.5. The highest BCUT2D eigenvalue weighted by atomic mass is 35.5. The van der Waals surface area contributed by atoms with Crippen LogP contribution in [0, 0.1) is 6.92 Å². The van der Waals surface area contributed by atoms with Crippen molar-refractivity contribution in [3.63, 3.8) is 0 Å². The zero-order chi connectivity index (χ0) is 10.1. The first-order chi connectivity index (χ1) is 5.97. The molecule has 1 aromatic carbocycles. The summed E-state index contributed by atoms with van der Waals surface area (Å²) in [4.78, 5) is 0.122. The van der Waals surface area contributed by atoms with E-state index in [1.54, 1.807) is 12.1 Å². The zero-order valence-corrected chi connectivity index (χ0v) is 8.91. The largest absolute Gasteiger partial charge is 0.241 e. The summed E-state index contributed by atoms with van der Waals surface area (Å²) in [6.07, 6.45) is 0. The van der Waals surface area contributed by atoms with Crippen molar-refractivity contribution >= 4 is 21.6 Å². The average Bonchev–Trinajstić information content (AvgIpc) is 2.09. The first-order valence-corrected chi connectivity index (χ1v) is 5.53. The number of hydrogen-bond acceptors (Lipinski definition) is 2. The van der Waals surface area contributed by atoms with E-state index >= 15 is 0 Å². The Hall–Kier alpha value is -0.580. The van der Waals surface area contributed by atoms with Crippen LogP contribution in [0.25, 0.3) is 0 Å². The Labute approximate surface area is 82.8 Å². The molecule has 0 aliphatic heterocycles. The molecule has 0 atom stereocenters. The third-order valence-electron chi connectivity index (χ3n) is 1.64. The minimum atomic E-state index is -3.43. The van der Waals surface area contributed by atoms with Crippen LogP contribution in [-0.2, 0) is 10.0 Å². The van der Waals surface area contributed by atoms with Crippen molar-refractivity contribution in [2.24, 2.45) is 0 Å². The van der Waals surface area contributed by atoms with E-state index in [4.69, 9.17) is 11.6 Å². The highest BCUT2D eigenvalue weighted by Crippen LogP contribution is 2.21. The molecule has 0 spiro atoms. The molecule has 13 heavy (non-hydrogen) atoms. The van der Waals surface area contributed by atoms with Gasteiger partial charge < -0.3 is 0 Å².